The minimum atomic E-state index is -0.752. The van der Waals surface area contributed by atoms with Gasteiger partial charge in [0.25, 0.3) is 11.8 Å². The smallest absolute Gasteiger partial charge is 0.325 e. The standard InChI is InChI=1S/C23H28N4O6/c28-19(7-10-27-21(30)23(24-22(27)31)8-3-4-9-23)25-11-13-26(14-12-25)20(29)18-15-32-16-5-1-2-6-17(16)33-18/h1-2,5-6,18H,3-4,7-15H2,(H,24,31)/t18-/m1/s1. The molecule has 1 aliphatic carbocycles. The van der Waals surface area contributed by atoms with Gasteiger partial charge in [0.1, 0.15) is 12.1 Å². The Bertz CT molecular complexity index is 967. The van der Waals surface area contributed by atoms with Crippen molar-refractivity contribution in [3.63, 3.8) is 0 Å². The Labute approximate surface area is 191 Å². The van der Waals surface area contributed by atoms with Gasteiger partial charge < -0.3 is 24.6 Å². The quantitative estimate of drug-likeness (QED) is 0.670. The Morgan fingerprint density at radius 3 is 2.39 bits per heavy atom. The zero-order valence-electron chi connectivity index (χ0n) is 18.5. The molecule has 1 atom stereocenters. The van der Waals surface area contributed by atoms with Gasteiger partial charge in [-0.25, -0.2) is 4.79 Å². The number of hydrogen-bond acceptors (Lipinski definition) is 6. The highest BCUT2D eigenvalue weighted by atomic mass is 16.6. The molecule has 3 heterocycles. The molecule has 4 aliphatic rings. The number of fused-ring (bicyclic) bond motifs is 1. The van der Waals surface area contributed by atoms with Crippen LogP contribution in [0.2, 0.25) is 0 Å². The maximum Gasteiger partial charge on any atom is 0.325 e. The minimum Gasteiger partial charge on any atom is -0.485 e. The number of urea groups is 1. The highest BCUT2D eigenvalue weighted by Gasteiger charge is 2.52. The molecule has 0 aromatic heterocycles. The number of para-hydroxylation sites is 2. The normalized spacial score (nSPS) is 23.8. The molecule has 33 heavy (non-hydrogen) atoms. The van der Waals surface area contributed by atoms with E-state index in [2.05, 4.69) is 5.32 Å². The second-order valence-corrected chi connectivity index (χ2v) is 9.00. The molecule has 10 heteroatoms. The molecule has 0 bridgehead atoms. The molecule has 2 saturated heterocycles. The van der Waals surface area contributed by atoms with Gasteiger partial charge in [0, 0.05) is 39.1 Å². The number of imide groups is 1. The van der Waals surface area contributed by atoms with Gasteiger partial charge in [0.15, 0.2) is 11.5 Å². The largest absolute Gasteiger partial charge is 0.485 e. The second-order valence-electron chi connectivity index (χ2n) is 9.00. The third kappa shape index (κ3) is 3.98. The minimum absolute atomic E-state index is 0.0804. The van der Waals surface area contributed by atoms with Crippen molar-refractivity contribution >= 4 is 23.8 Å². The first-order chi connectivity index (χ1) is 16.0. The van der Waals surface area contributed by atoms with E-state index >= 15 is 0 Å². The molecule has 1 spiro atoms. The van der Waals surface area contributed by atoms with E-state index in [9.17, 15) is 19.2 Å². The molecule has 3 aliphatic heterocycles. The number of carbonyl (C=O) groups is 4. The van der Waals surface area contributed by atoms with Gasteiger partial charge in [-0.15, -0.1) is 0 Å². The van der Waals surface area contributed by atoms with E-state index in [1.807, 2.05) is 12.1 Å². The van der Waals surface area contributed by atoms with E-state index in [1.165, 1.54) is 4.90 Å². The summed E-state index contributed by atoms with van der Waals surface area (Å²) in [5.74, 6) is 0.695. The van der Waals surface area contributed by atoms with E-state index in [0.29, 0.717) is 50.5 Å². The third-order valence-electron chi connectivity index (χ3n) is 6.98. The second kappa shape index (κ2) is 8.57. The Kier molecular flexibility index (Phi) is 5.59. The molecule has 3 fully saturated rings. The van der Waals surface area contributed by atoms with Crippen LogP contribution in [-0.2, 0) is 14.4 Å². The van der Waals surface area contributed by atoms with Crippen molar-refractivity contribution in [2.45, 2.75) is 43.7 Å². The van der Waals surface area contributed by atoms with Gasteiger partial charge in [-0.3, -0.25) is 19.3 Å². The predicted molar refractivity (Wildman–Crippen MR) is 116 cm³/mol. The van der Waals surface area contributed by atoms with E-state index < -0.39 is 17.7 Å². The molecule has 1 aromatic rings. The van der Waals surface area contributed by atoms with Crippen molar-refractivity contribution in [3.05, 3.63) is 24.3 Å². The maximum atomic E-state index is 12.9. The number of ether oxygens (including phenoxy) is 2. The molecule has 0 unspecified atom stereocenters. The average molecular weight is 456 g/mol. The lowest BCUT2D eigenvalue weighted by molar-refractivity contribution is -0.146. The van der Waals surface area contributed by atoms with Crippen molar-refractivity contribution in [1.82, 2.24) is 20.0 Å². The summed E-state index contributed by atoms with van der Waals surface area (Å²) in [6.07, 6.45) is 2.56. The van der Waals surface area contributed by atoms with E-state index in [4.69, 9.17) is 9.47 Å². The summed E-state index contributed by atoms with van der Waals surface area (Å²) in [4.78, 5) is 55.1. The zero-order chi connectivity index (χ0) is 23.0. The van der Waals surface area contributed by atoms with Crippen LogP contribution in [0.15, 0.2) is 24.3 Å². The highest BCUT2D eigenvalue weighted by molar-refractivity contribution is 6.07. The average Bonchev–Trinajstić information content (AvgIpc) is 3.41. The van der Waals surface area contributed by atoms with E-state index in [-0.39, 0.29) is 37.3 Å². The Morgan fingerprint density at radius 1 is 1.00 bits per heavy atom. The van der Waals surface area contributed by atoms with Crippen LogP contribution in [0.4, 0.5) is 4.79 Å². The number of piperazine rings is 1. The number of carbonyl (C=O) groups excluding carboxylic acids is 4. The predicted octanol–water partition coefficient (Wildman–Crippen LogP) is 0.752. The van der Waals surface area contributed by atoms with Gasteiger partial charge in [-0.2, -0.15) is 0 Å². The molecular weight excluding hydrogens is 428 g/mol. The molecule has 0 radical (unpaired) electrons. The molecule has 1 aromatic carbocycles. The first kappa shape index (κ1) is 21.5. The van der Waals surface area contributed by atoms with Crippen LogP contribution in [0.25, 0.3) is 0 Å². The lowest BCUT2D eigenvalue weighted by Crippen LogP contribution is -2.55. The van der Waals surface area contributed by atoms with Crippen molar-refractivity contribution in [1.29, 1.82) is 0 Å². The van der Waals surface area contributed by atoms with E-state index in [0.717, 1.165) is 12.8 Å². The van der Waals surface area contributed by atoms with Crippen molar-refractivity contribution < 1.29 is 28.7 Å². The summed E-state index contributed by atoms with van der Waals surface area (Å²) < 4.78 is 11.4. The molecule has 5 amide bonds. The Balaban J connectivity index is 1.10. The summed E-state index contributed by atoms with van der Waals surface area (Å²) in [6, 6.07) is 6.84. The summed E-state index contributed by atoms with van der Waals surface area (Å²) in [5, 5.41) is 2.83. The summed E-state index contributed by atoms with van der Waals surface area (Å²) in [7, 11) is 0. The first-order valence-corrected chi connectivity index (χ1v) is 11.6. The summed E-state index contributed by atoms with van der Waals surface area (Å²) in [6.45, 7) is 1.84. The zero-order valence-corrected chi connectivity index (χ0v) is 18.5. The highest BCUT2D eigenvalue weighted by Crippen LogP contribution is 2.35. The number of hydrogen-bond donors (Lipinski definition) is 1. The molecule has 176 valence electrons. The van der Waals surface area contributed by atoms with Gasteiger partial charge in [0.2, 0.25) is 12.0 Å². The van der Waals surface area contributed by atoms with Crippen molar-refractivity contribution in [2.24, 2.45) is 0 Å². The monoisotopic (exact) mass is 456 g/mol. The first-order valence-electron chi connectivity index (χ1n) is 11.6. The van der Waals surface area contributed by atoms with Gasteiger partial charge in [0.05, 0.1) is 0 Å². The van der Waals surface area contributed by atoms with Crippen LogP contribution in [-0.4, -0.2) is 89.4 Å². The van der Waals surface area contributed by atoms with Crippen molar-refractivity contribution in [2.75, 3.05) is 39.3 Å². The molecule has 10 nitrogen and oxygen atoms in total. The Hall–Kier alpha value is -3.30. The lowest BCUT2D eigenvalue weighted by Gasteiger charge is -2.37. The number of amides is 5. The van der Waals surface area contributed by atoms with Gasteiger partial charge in [-0.05, 0) is 25.0 Å². The van der Waals surface area contributed by atoms with Crippen LogP contribution >= 0.6 is 0 Å². The fraction of sp³-hybridized carbons (Fsp3) is 0.565. The fourth-order valence-electron chi connectivity index (χ4n) is 5.08. The fourth-order valence-corrected chi connectivity index (χ4v) is 5.08. The van der Waals surface area contributed by atoms with Crippen molar-refractivity contribution in [3.8, 4) is 11.5 Å². The van der Waals surface area contributed by atoms with Gasteiger partial charge >= 0.3 is 6.03 Å². The summed E-state index contributed by atoms with van der Waals surface area (Å²) in [5.41, 5.74) is -0.752. The lowest BCUT2D eigenvalue weighted by atomic mass is 9.98. The summed E-state index contributed by atoms with van der Waals surface area (Å²) >= 11 is 0. The Morgan fingerprint density at radius 2 is 1.67 bits per heavy atom. The SMILES string of the molecule is O=C(CCN1C(=O)NC2(CCCC2)C1=O)N1CCN(C(=O)[C@H]2COc3ccccc3O2)CC1. The maximum absolute atomic E-state index is 12.9. The third-order valence-corrected chi connectivity index (χ3v) is 6.98. The number of nitrogens with one attached hydrogen (secondary N) is 1. The van der Waals surface area contributed by atoms with Crippen LogP contribution in [0, 0.1) is 0 Å². The number of nitrogens with zero attached hydrogens (tertiary/aromatic N) is 3. The number of benzene rings is 1. The molecule has 1 saturated carbocycles. The van der Waals surface area contributed by atoms with Crippen LogP contribution in [0.1, 0.15) is 32.1 Å². The molecule has 1 N–H and O–H groups in total. The van der Waals surface area contributed by atoms with Gasteiger partial charge in [-0.1, -0.05) is 25.0 Å². The molecular formula is C23H28N4O6. The topological polar surface area (TPSA) is 108 Å². The number of rotatable bonds is 4. The van der Waals surface area contributed by atoms with Crippen LogP contribution < -0.4 is 14.8 Å². The van der Waals surface area contributed by atoms with Crippen LogP contribution in [0.5, 0.6) is 11.5 Å². The van der Waals surface area contributed by atoms with Crippen LogP contribution in [0.3, 0.4) is 0 Å². The van der Waals surface area contributed by atoms with E-state index in [1.54, 1.807) is 21.9 Å². The molecule has 5 rings (SSSR count).